The molecule has 1 aliphatic carbocycles. The lowest BCUT2D eigenvalue weighted by Gasteiger charge is -2.43. The fourth-order valence-corrected chi connectivity index (χ4v) is 2.70. The van der Waals surface area contributed by atoms with Gasteiger partial charge in [0.05, 0.1) is 4.92 Å². The van der Waals surface area contributed by atoms with E-state index in [0.717, 1.165) is 18.5 Å². The zero-order valence-corrected chi connectivity index (χ0v) is 10.2. The van der Waals surface area contributed by atoms with Gasteiger partial charge in [0.15, 0.2) is 0 Å². The third-order valence-electron chi connectivity index (χ3n) is 3.78. The van der Waals surface area contributed by atoms with Crippen molar-refractivity contribution in [3.05, 3.63) is 39.9 Å². The molecule has 0 saturated heterocycles. The Morgan fingerprint density at radius 1 is 1.47 bits per heavy atom. The first-order valence-corrected chi connectivity index (χ1v) is 6.11. The van der Waals surface area contributed by atoms with Crippen molar-refractivity contribution in [1.82, 2.24) is 5.32 Å². The summed E-state index contributed by atoms with van der Waals surface area (Å²) in [6.07, 6.45) is 1.000. The number of nitro groups is 1. The molecule has 0 bridgehead atoms. The Morgan fingerprint density at radius 3 is 2.76 bits per heavy atom. The van der Waals surface area contributed by atoms with Crippen molar-refractivity contribution in [2.24, 2.45) is 5.92 Å². The van der Waals surface area contributed by atoms with Crippen LogP contribution in [0, 0.1) is 16.0 Å². The van der Waals surface area contributed by atoms with Gasteiger partial charge in [-0.2, -0.15) is 0 Å². The molecule has 0 amide bonds. The second-order valence-electron chi connectivity index (χ2n) is 4.68. The molecule has 3 unspecified atom stereocenters. The third-order valence-corrected chi connectivity index (χ3v) is 3.78. The van der Waals surface area contributed by atoms with Crippen LogP contribution in [0.1, 0.15) is 31.7 Å². The molecule has 1 fully saturated rings. The molecule has 17 heavy (non-hydrogen) atoms. The summed E-state index contributed by atoms with van der Waals surface area (Å²) in [4.78, 5) is 10.7. The minimum Gasteiger partial charge on any atom is -0.314 e. The Morgan fingerprint density at radius 2 is 2.18 bits per heavy atom. The maximum absolute atomic E-state index is 11.0. The van der Waals surface area contributed by atoms with Crippen molar-refractivity contribution in [3.8, 4) is 0 Å². The van der Waals surface area contributed by atoms with E-state index in [0.29, 0.717) is 17.9 Å². The van der Waals surface area contributed by atoms with Gasteiger partial charge in [-0.1, -0.05) is 32.0 Å². The summed E-state index contributed by atoms with van der Waals surface area (Å²) < 4.78 is 0. The summed E-state index contributed by atoms with van der Waals surface area (Å²) in [6, 6.07) is 7.61. The Hall–Kier alpha value is -1.42. The van der Waals surface area contributed by atoms with Crippen molar-refractivity contribution in [2.75, 3.05) is 6.54 Å². The number of nitro benzene ring substituents is 1. The lowest BCUT2D eigenvalue weighted by Crippen LogP contribution is -2.47. The third kappa shape index (κ3) is 2.17. The minimum atomic E-state index is -0.275. The number of hydrogen-bond acceptors (Lipinski definition) is 3. The number of benzene rings is 1. The van der Waals surface area contributed by atoms with Crippen LogP contribution in [-0.2, 0) is 0 Å². The Kier molecular flexibility index (Phi) is 3.43. The van der Waals surface area contributed by atoms with Crippen LogP contribution in [0.15, 0.2) is 24.3 Å². The maximum Gasteiger partial charge on any atom is 0.272 e. The van der Waals surface area contributed by atoms with Crippen LogP contribution >= 0.6 is 0 Å². The van der Waals surface area contributed by atoms with Gasteiger partial charge in [0, 0.05) is 17.7 Å². The van der Waals surface area contributed by atoms with E-state index < -0.39 is 0 Å². The van der Waals surface area contributed by atoms with Crippen LogP contribution < -0.4 is 5.32 Å². The van der Waals surface area contributed by atoms with E-state index in [9.17, 15) is 10.1 Å². The zero-order chi connectivity index (χ0) is 12.4. The van der Waals surface area contributed by atoms with E-state index in [2.05, 4.69) is 19.2 Å². The first-order valence-electron chi connectivity index (χ1n) is 6.11. The van der Waals surface area contributed by atoms with Crippen molar-refractivity contribution < 1.29 is 4.92 Å². The first-order chi connectivity index (χ1) is 8.15. The average Bonchev–Trinajstić information content (AvgIpc) is 2.33. The summed E-state index contributed by atoms with van der Waals surface area (Å²) in [5.41, 5.74) is 1.15. The quantitative estimate of drug-likeness (QED) is 0.643. The lowest BCUT2D eigenvalue weighted by atomic mass is 9.66. The van der Waals surface area contributed by atoms with E-state index >= 15 is 0 Å². The van der Waals surface area contributed by atoms with Gasteiger partial charge in [-0.25, -0.2) is 0 Å². The standard InChI is InChI=1S/C13H18N2O2/c1-3-14-12-8-11(9(12)2)10-6-4-5-7-13(10)15(16)17/h4-7,9,11-12,14H,3,8H2,1-2H3. The van der Waals surface area contributed by atoms with Crippen LogP contribution in [0.25, 0.3) is 0 Å². The number of nitrogens with one attached hydrogen (secondary N) is 1. The molecule has 0 aliphatic heterocycles. The van der Waals surface area contributed by atoms with E-state index in [1.807, 2.05) is 12.1 Å². The Bertz CT molecular complexity index is 420. The fourth-order valence-electron chi connectivity index (χ4n) is 2.70. The normalized spacial score (nSPS) is 27.5. The highest BCUT2D eigenvalue weighted by atomic mass is 16.6. The molecule has 1 aromatic carbocycles. The second kappa shape index (κ2) is 4.84. The molecule has 0 spiro atoms. The first kappa shape index (κ1) is 12.0. The lowest BCUT2D eigenvalue weighted by molar-refractivity contribution is -0.386. The molecule has 1 N–H and O–H groups in total. The number of nitrogens with zero attached hydrogens (tertiary/aromatic N) is 1. The van der Waals surface area contributed by atoms with Crippen LogP contribution in [0.4, 0.5) is 5.69 Å². The molecule has 1 aliphatic rings. The number of para-hydroxylation sites is 1. The van der Waals surface area contributed by atoms with Crippen molar-refractivity contribution in [1.29, 1.82) is 0 Å². The molecule has 0 aromatic heterocycles. The summed E-state index contributed by atoms with van der Waals surface area (Å²) in [5, 5.41) is 14.4. The number of rotatable bonds is 4. The molecule has 0 heterocycles. The SMILES string of the molecule is CCNC1CC(c2ccccc2[N+](=O)[O-])C1C. The van der Waals surface area contributed by atoms with Crippen LogP contribution in [-0.4, -0.2) is 17.5 Å². The Labute approximate surface area is 101 Å². The fraction of sp³-hybridized carbons (Fsp3) is 0.538. The second-order valence-corrected chi connectivity index (χ2v) is 4.68. The van der Waals surface area contributed by atoms with Crippen LogP contribution in [0.2, 0.25) is 0 Å². The maximum atomic E-state index is 11.0. The molecule has 4 nitrogen and oxygen atoms in total. The summed E-state index contributed by atoms with van der Waals surface area (Å²) in [7, 11) is 0. The van der Waals surface area contributed by atoms with Crippen molar-refractivity contribution in [2.45, 2.75) is 32.2 Å². The molecular formula is C13H18N2O2. The smallest absolute Gasteiger partial charge is 0.272 e. The molecule has 3 atom stereocenters. The summed E-state index contributed by atoms with van der Waals surface area (Å²) in [5.74, 6) is 0.789. The highest BCUT2D eigenvalue weighted by molar-refractivity contribution is 5.44. The molecule has 1 saturated carbocycles. The van der Waals surface area contributed by atoms with E-state index in [1.165, 1.54) is 0 Å². The molecule has 1 aromatic rings. The molecule has 2 rings (SSSR count). The van der Waals surface area contributed by atoms with Gasteiger partial charge in [-0.15, -0.1) is 0 Å². The van der Waals surface area contributed by atoms with E-state index in [4.69, 9.17) is 0 Å². The van der Waals surface area contributed by atoms with E-state index in [-0.39, 0.29) is 10.6 Å². The van der Waals surface area contributed by atoms with Gasteiger partial charge in [0.2, 0.25) is 0 Å². The highest BCUT2D eigenvalue weighted by Gasteiger charge is 2.40. The minimum absolute atomic E-state index is 0.263. The average molecular weight is 234 g/mol. The van der Waals surface area contributed by atoms with Crippen molar-refractivity contribution in [3.63, 3.8) is 0 Å². The Balaban J connectivity index is 2.17. The van der Waals surface area contributed by atoms with Crippen LogP contribution in [0.3, 0.4) is 0 Å². The molecule has 4 heteroatoms. The molecular weight excluding hydrogens is 216 g/mol. The van der Waals surface area contributed by atoms with Gasteiger partial charge in [0.1, 0.15) is 0 Å². The van der Waals surface area contributed by atoms with Gasteiger partial charge in [-0.05, 0) is 24.8 Å². The predicted molar refractivity (Wildman–Crippen MR) is 67.1 cm³/mol. The van der Waals surface area contributed by atoms with Crippen molar-refractivity contribution >= 4 is 5.69 Å². The largest absolute Gasteiger partial charge is 0.314 e. The molecule has 0 radical (unpaired) electrons. The summed E-state index contributed by atoms with van der Waals surface area (Å²) >= 11 is 0. The van der Waals surface area contributed by atoms with Gasteiger partial charge in [-0.3, -0.25) is 10.1 Å². The van der Waals surface area contributed by atoms with Gasteiger partial charge < -0.3 is 5.32 Å². The van der Waals surface area contributed by atoms with E-state index in [1.54, 1.807) is 12.1 Å². The van der Waals surface area contributed by atoms with Gasteiger partial charge >= 0.3 is 0 Å². The zero-order valence-electron chi connectivity index (χ0n) is 10.2. The molecule has 92 valence electrons. The topological polar surface area (TPSA) is 55.2 Å². The number of hydrogen-bond donors (Lipinski definition) is 1. The van der Waals surface area contributed by atoms with Crippen LogP contribution in [0.5, 0.6) is 0 Å². The summed E-state index contributed by atoms with van der Waals surface area (Å²) in [6.45, 7) is 5.21. The predicted octanol–water partition coefficient (Wildman–Crippen LogP) is 2.70. The monoisotopic (exact) mass is 234 g/mol. The van der Waals surface area contributed by atoms with Gasteiger partial charge in [0.25, 0.3) is 5.69 Å². The highest BCUT2D eigenvalue weighted by Crippen LogP contribution is 2.45.